The van der Waals surface area contributed by atoms with Crippen LogP contribution in [0.15, 0.2) is 0 Å². The van der Waals surface area contributed by atoms with Crippen LogP contribution in [0.3, 0.4) is 0 Å². The van der Waals surface area contributed by atoms with E-state index in [9.17, 15) is 9.90 Å². The van der Waals surface area contributed by atoms with Crippen molar-refractivity contribution in [3.8, 4) is 0 Å². The number of amides is 1. The Morgan fingerprint density at radius 3 is 2.72 bits per heavy atom. The molecular weight excluding hydrogens is 230 g/mol. The van der Waals surface area contributed by atoms with Gasteiger partial charge >= 0.3 is 0 Å². The molecule has 0 aromatic rings. The Labute approximate surface area is 109 Å². The molecule has 0 aromatic carbocycles. The average molecular weight is 255 g/mol. The molecule has 0 bridgehead atoms. The highest BCUT2D eigenvalue weighted by Crippen LogP contribution is 2.31. The maximum Gasteiger partial charge on any atom is 0.228 e. The first kappa shape index (κ1) is 13.8. The van der Waals surface area contributed by atoms with Crippen LogP contribution in [0, 0.1) is 5.92 Å². The average Bonchev–Trinajstić information content (AvgIpc) is 2.96. The molecule has 1 heterocycles. The third kappa shape index (κ3) is 2.86. The molecular formula is C14H25NO3. The van der Waals surface area contributed by atoms with Gasteiger partial charge < -0.3 is 14.7 Å². The summed E-state index contributed by atoms with van der Waals surface area (Å²) in [4.78, 5) is 14.1. The summed E-state index contributed by atoms with van der Waals surface area (Å²) in [7, 11) is 1.81. The summed E-state index contributed by atoms with van der Waals surface area (Å²) in [6.45, 7) is 3.21. The van der Waals surface area contributed by atoms with Gasteiger partial charge in [0, 0.05) is 20.2 Å². The van der Waals surface area contributed by atoms with E-state index in [-0.39, 0.29) is 17.9 Å². The molecule has 0 aromatic heterocycles. The number of nitrogens with zero attached hydrogens (tertiary/aromatic N) is 1. The Morgan fingerprint density at radius 1 is 1.44 bits per heavy atom. The summed E-state index contributed by atoms with van der Waals surface area (Å²) >= 11 is 0. The van der Waals surface area contributed by atoms with Crippen molar-refractivity contribution in [2.75, 3.05) is 20.2 Å². The lowest BCUT2D eigenvalue weighted by Gasteiger charge is -2.31. The highest BCUT2D eigenvalue weighted by atomic mass is 16.5. The second-order valence-electron chi connectivity index (χ2n) is 5.84. The van der Waals surface area contributed by atoms with Crippen molar-refractivity contribution in [2.45, 2.75) is 57.2 Å². The molecule has 0 radical (unpaired) electrons. The van der Waals surface area contributed by atoms with E-state index in [0.29, 0.717) is 13.2 Å². The lowest BCUT2D eigenvalue weighted by Crippen LogP contribution is -2.45. The number of carbonyl (C=O) groups is 1. The van der Waals surface area contributed by atoms with Crippen LogP contribution in [0.2, 0.25) is 0 Å². The molecule has 1 saturated heterocycles. The Balaban J connectivity index is 1.92. The second kappa shape index (κ2) is 5.57. The second-order valence-corrected chi connectivity index (χ2v) is 5.84. The number of likely N-dealkylation sites (N-methyl/N-ethyl adjacent to an activating group) is 1. The molecule has 2 unspecified atom stereocenters. The predicted octanol–water partition coefficient (Wildman–Crippen LogP) is 1.56. The minimum Gasteiger partial charge on any atom is -0.388 e. The van der Waals surface area contributed by atoms with Gasteiger partial charge in [-0.15, -0.1) is 0 Å². The lowest BCUT2D eigenvalue weighted by atomic mass is 9.96. The first-order chi connectivity index (χ1) is 8.56. The van der Waals surface area contributed by atoms with Gasteiger partial charge in [-0.05, 0) is 25.7 Å². The SMILES string of the molecule is CCC1OCCC1C(=O)N(C)CC1(O)CCCC1. The summed E-state index contributed by atoms with van der Waals surface area (Å²) in [5, 5.41) is 10.4. The highest BCUT2D eigenvalue weighted by Gasteiger charge is 2.38. The van der Waals surface area contributed by atoms with E-state index in [1.54, 1.807) is 4.90 Å². The van der Waals surface area contributed by atoms with Crippen LogP contribution in [-0.4, -0.2) is 47.8 Å². The van der Waals surface area contributed by atoms with Crippen LogP contribution < -0.4 is 0 Å². The van der Waals surface area contributed by atoms with Gasteiger partial charge in [0.05, 0.1) is 17.6 Å². The zero-order chi connectivity index (χ0) is 13.2. The normalized spacial score (nSPS) is 30.6. The molecule has 1 aliphatic heterocycles. The maximum atomic E-state index is 12.4. The van der Waals surface area contributed by atoms with E-state index in [1.165, 1.54) is 0 Å². The van der Waals surface area contributed by atoms with Crippen molar-refractivity contribution in [1.82, 2.24) is 4.90 Å². The third-order valence-corrected chi connectivity index (χ3v) is 4.37. The number of hydrogen-bond donors (Lipinski definition) is 1. The van der Waals surface area contributed by atoms with Crippen LogP contribution in [0.4, 0.5) is 0 Å². The van der Waals surface area contributed by atoms with Crippen LogP contribution in [0.1, 0.15) is 45.4 Å². The molecule has 18 heavy (non-hydrogen) atoms. The van der Waals surface area contributed by atoms with E-state index >= 15 is 0 Å². The van der Waals surface area contributed by atoms with E-state index < -0.39 is 5.60 Å². The number of aliphatic hydroxyl groups is 1. The minimum absolute atomic E-state index is 0.00926. The van der Waals surface area contributed by atoms with Crippen LogP contribution in [0.5, 0.6) is 0 Å². The molecule has 4 heteroatoms. The quantitative estimate of drug-likeness (QED) is 0.829. The fraction of sp³-hybridized carbons (Fsp3) is 0.929. The smallest absolute Gasteiger partial charge is 0.228 e. The van der Waals surface area contributed by atoms with E-state index in [1.807, 2.05) is 7.05 Å². The van der Waals surface area contributed by atoms with Gasteiger partial charge in [-0.3, -0.25) is 4.79 Å². The zero-order valence-electron chi connectivity index (χ0n) is 11.5. The summed E-state index contributed by atoms with van der Waals surface area (Å²) in [5.41, 5.74) is -0.647. The molecule has 2 fully saturated rings. The Bertz CT molecular complexity index is 299. The number of ether oxygens (including phenoxy) is 1. The molecule has 1 aliphatic carbocycles. The first-order valence-electron chi connectivity index (χ1n) is 7.15. The Hall–Kier alpha value is -0.610. The van der Waals surface area contributed by atoms with Crippen LogP contribution >= 0.6 is 0 Å². The molecule has 2 aliphatic rings. The van der Waals surface area contributed by atoms with Gasteiger partial charge in [0.2, 0.25) is 5.91 Å². The first-order valence-corrected chi connectivity index (χ1v) is 7.15. The van der Waals surface area contributed by atoms with Crippen molar-refractivity contribution in [1.29, 1.82) is 0 Å². The topological polar surface area (TPSA) is 49.8 Å². The summed E-state index contributed by atoms with van der Waals surface area (Å²) in [6.07, 6.45) is 5.56. The van der Waals surface area contributed by atoms with Crippen molar-refractivity contribution in [3.05, 3.63) is 0 Å². The molecule has 4 nitrogen and oxygen atoms in total. The van der Waals surface area contributed by atoms with Gasteiger partial charge in [0.25, 0.3) is 0 Å². The molecule has 104 valence electrons. The fourth-order valence-electron chi connectivity index (χ4n) is 3.33. The molecule has 1 amide bonds. The zero-order valence-corrected chi connectivity index (χ0v) is 11.5. The third-order valence-electron chi connectivity index (χ3n) is 4.37. The summed E-state index contributed by atoms with van der Waals surface area (Å²) in [6, 6.07) is 0. The van der Waals surface area contributed by atoms with Gasteiger partial charge in [-0.25, -0.2) is 0 Å². The van der Waals surface area contributed by atoms with Crippen LogP contribution in [0.25, 0.3) is 0 Å². The summed E-state index contributed by atoms with van der Waals surface area (Å²) in [5.74, 6) is 0.129. The van der Waals surface area contributed by atoms with Crippen LogP contribution in [-0.2, 0) is 9.53 Å². The van der Waals surface area contributed by atoms with E-state index in [2.05, 4.69) is 6.92 Å². The van der Waals surface area contributed by atoms with E-state index in [4.69, 9.17) is 4.74 Å². The summed E-state index contributed by atoms with van der Waals surface area (Å²) < 4.78 is 5.57. The van der Waals surface area contributed by atoms with Gasteiger partial charge in [0.15, 0.2) is 0 Å². The number of carbonyl (C=O) groups excluding carboxylic acids is 1. The molecule has 2 rings (SSSR count). The number of hydrogen-bond acceptors (Lipinski definition) is 3. The van der Waals surface area contributed by atoms with Gasteiger partial charge in [-0.2, -0.15) is 0 Å². The standard InChI is InChI=1S/C14H25NO3/c1-3-12-11(6-9-18-12)13(16)15(2)10-14(17)7-4-5-8-14/h11-12,17H,3-10H2,1-2H3. The number of rotatable bonds is 4. The molecule has 1 N–H and O–H groups in total. The molecule has 2 atom stereocenters. The van der Waals surface area contributed by atoms with Gasteiger partial charge in [0.1, 0.15) is 0 Å². The lowest BCUT2D eigenvalue weighted by molar-refractivity contribution is -0.139. The van der Waals surface area contributed by atoms with Crippen molar-refractivity contribution < 1.29 is 14.6 Å². The fourth-order valence-corrected chi connectivity index (χ4v) is 3.33. The van der Waals surface area contributed by atoms with E-state index in [0.717, 1.165) is 38.5 Å². The minimum atomic E-state index is -0.647. The Kier molecular flexibility index (Phi) is 4.28. The van der Waals surface area contributed by atoms with Crippen molar-refractivity contribution >= 4 is 5.91 Å². The largest absolute Gasteiger partial charge is 0.388 e. The maximum absolute atomic E-state index is 12.4. The predicted molar refractivity (Wildman–Crippen MR) is 69.2 cm³/mol. The monoisotopic (exact) mass is 255 g/mol. The highest BCUT2D eigenvalue weighted by molar-refractivity contribution is 5.79. The van der Waals surface area contributed by atoms with Crippen molar-refractivity contribution in [2.24, 2.45) is 5.92 Å². The molecule has 1 saturated carbocycles. The van der Waals surface area contributed by atoms with Gasteiger partial charge in [-0.1, -0.05) is 19.8 Å². The molecule has 0 spiro atoms. The van der Waals surface area contributed by atoms with Crippen molar-refractivity contribution in [3.63, 3.8) is 0 Å². The Morgan fingerprint density at radius 2 is 2.11 bits per heavy atom.